The molecule has 0 aliphatic carbocycles. The number of hydrogen-bond acceptors (Lipinski definition) is 5. The summed E-state index contributed by atoms with van der Waals surface area (Å²) in [6.07, 6.45) is -0.128. The van der Waals surface area contributed by atoms with Gasteiger partial charge in [-0.15, -0.1) is 5.10 Å². The van der Waals surface area contributed by atoms with E-state index in [0.717, 1.165) is 0 Å². The summed E-state index contributed by atoms with van der Waals surface area (Å²) in [4.78, 5) is 0. The monoisotopic (exact) mass is 310 g/mol. The summed E-state index contributed by atoms with van der Waals surface area (Å²) in [5, 5.41) is 16.6. The molecule has 0 saturated carbocycles. The van der Waals surface area contributed by atoms with Gasteiger partial charge < -0.3 is 5.11 Å². The number of β-amino-alcohol motifs (C(OH)–C–C–N with tert-alkyl or cyclic N) is 1. The molecule has 1 aromatic rings. The number of halogens is 1. The van der Waals surface area contributed by atoms with E-state index in [4.69, 9.17) is 0 Å². The minimum atomic E-state index is -3.63. The Hall–Kier alpha value is -0.510. The van der Waals surface area contributed by atoms with E-state index in [1.54, 1.807) is 0 Å². The minimum Gasteiger partial charge on any atom is -0.392 e. The van der Waals surface area contributed by atoms with Gasteiger partial charge in [-0.1, -0.05) is 5.21 Å². The Morgan fingerprint density at radius 1 is 1.56 bits per heavy atom. The van der Waals surface area contributed by atoms with Crippen molar-refractivity contribution in [2.45, 2.75) is 17.6 Å². The van der Waals surface area contributed by atoms with Gasteiger partial charge >= 0.3 is 0 Å². The van der Waals surface area contributed by atoms with Gasteiger partial charge in [-0.05, 0) is 22.4 Å². The summed E-state index contributed by atoms with van der Waals surface area (Å²) in [6.45, 7) is 0.446. The predicted molar refractivity (Wildman–Crippen MR) is 58.1 cm³/mol. The van der Waals surface area contributed by atoms with E-state index < -0.39 is 16.1 Å². The van der Waals surface area contributed by atoms with Crippen LogP contribution in [0.15, 0.2) is 9.63 Å². The van der Waals surface area contributed by atoms with Crippen molar-refractivity contribution >= 4 is 26.0 Å². The fourth-order valence-corrected chi connectivity index (χ4v) is 4.17. The Balaban J connectivity index is 2.40. The summed E-state index contributed by atoms with van der Waals surface area (Å²) >= 11 is 3.05. The molecule has 0 radical (unpaired) electrons. The highest BCUT2D eigenvalue weighted by Crippen LogP contribution is 2.25. The van der Waals surface area contributed by atoms with Crippen molar-refractivity contribution in [3.05, 3.63) is 4.60 Å². The second-order valence-corrected chi connectivity index (χ2v) is 6.22. The highest BCUT2D eigenvalue weighted by molar-refractivity contribution is 9.10. The number of aliphatic hydroxyl groups is 1. The molecule has 7 nitrogen and oxygen atoms in total. The van der Waals surface area contributed by atoms with Gasteiger partial charge in [0, 0.05) is 20.1 Å². The van der Waals surface area contributed by atoms with E-state index in [1.807, 2.05) is 0 Å². The van der Waals surface area contributed by atoms with Gasteiger partial charge in [-0.3, -0.25) is 0 Å². The van der Waals surface area contributed by atoms with Crippen LogP contribution in [0.4, 0.5) is 0 Å². The average molecular weight is 311 g/mol. The molecule has 1 atom stereocenters. The molecule has 1 aromatic heterocycles. The molecular weight excluding hydrogens is 300 g/mol. The molecule has 90 valence electrons. The molecule has 16 heavy (non-hydrogen) atoms. The molecule has 0 aromatic carbocycles. The fraction of sp³-hybridized carbons (Fsp3) is 0.714. The van der Waals surface area contributed by atoms with Crippen LogP contribution in [0.1, 0.15) is 6.42 Å². The molecule has 2 rings (SSSR count). The maximum absolute atomic E-state index is 12.2. The van der Waals surface area contributed by atoms with Gasteiger partial charge in [0.15, 0.2) is 4.60 Å². The Kier molecular flexibility index (Phi) is 3.03. The molecule has 2 heterocycles. The zero-order valence-corrected chi connectivity index (χ0v) is 10.9. The Morgan fingerprint density at radius 3 is 2.69 bits per heavy atom. The van der Waals surface area contributed by atoms with Gasteiger partial charge in [0.2, 0.25) is 5.03 Å². The first kappa shape index (κ1) is 12.0. The second-order valence-electron chi connectivity index (χ2n) is 3.61. The lowest BCUT2D eigenvalue weighted by molar-refractivity contribution is 0.189. The fourth-order valence-electron chi connectivity index (χ4n) is 1.65. The normalized spacial score (nSPS) is 22.8. The van der Waals surface area contributed by atoms with Crippen LogP contribution in [0.25, 0.3) is 0 Å². The van der Waals surface area contributed by atoms with Gasteiger partial charge in [0.1, 0.15) is 0 Å². The first-order chi connectivity index (χ1) is 7.43. The van der Waals surface area contributed by atoms with Crippen molar-refractivity contribution in [2.24, 2.45) is 7.05 Å². The topological polar surface area (TPSA) is 88.3 Å². The summed E-state index contributed by atoms with van der Waals surface area (Å²) in [5.41, 5.74) is 0. The zero-order valence-electron chi connectivity index (χ0n) is 8.54. The molecule has 0 unspecified atom stereocenters. The Labute approximate surface area is 101 Å². The Morgan fingerprint density at radius 2 is 2.25 bits per heavy atom. The van der Waals surface area contributed by atoms with E-state index in [1.165, 1.54) is 16.0 Å². The number of rotatable bonds is 2. The largest absolute Gasteiger partial charge is 0.392 e. The van der Waals surface area contributed by atoms with Gasteiger partial charge in [0.05, 0.1) is 6.10 Å². The van der Waals surface area contributed by atoms with Gasteiger partial charge in [0.25, 0.3) is 10.0 Å². The Bertz CT molecular complexity index is 480. The van der Waals surface area contributed by atoms with Crippen molar-refractivity contribution in [3.63, 3.8) is 0 Å². The molecule has 0 bridgehead atoms. The molecular formula is C7H11BrN4O3S. The van der Waals surface area contributed by atoms with Crippen molar-refractivity contribution < 1.29 is 13.5 Å². The third-order valence-corrected chi connectivity index (χ3v) is 5.20. The smallest absolute Gasteiger partial charge is 0.263 e. The van der Waals surface area contributed by atoms with Crippen LogP contribution in [-0.2, 0) is 17.1 Å². The number of nitrogens with zero attached hydrogens (tertiary/aromatic N) is 4. The molecule has 1 saturated heterocycles. The molecule has 9 heteroatoms. The van der Waals surface area contributed by atoms with E-state index >= 15 is 0 Å². The van der Waals surface area contributed by atoms with Crippen LogP contribution in [0, 0.1) is 0 Å². The van der Waals surface area contributed by atoms with Crippen molar-refractivity contribution in [1.82, 2.24) is 19.3 Å². The standard InChI is InChI=1S/C7H11BrN4O3S/c1-11-7(6(8)9-10-11)16(14,15)12-3-2-5(13)4-12/h5,13H,2-4H2,1H3/t5-/m0/s1. The van der Waals surface area contributed by atoms with E-state index in [2.05, 4.69) is 26.2 Å². The van der Waals surface area contributed by atoms with Crippen molar-refractivity contribution in [2.75, 3.05) is 13.1 Å². The summed E-state index contributed by atoms with van der Waals surface area (Å²) in [6, 6.07) is 0. The molecule has 1 aliphatic rings. The van der Waals surface area contributed by atoms with Crippen LogP contribution in [0.3, 0.4) is 0 Å². The quantitative estimate of drug-likeness (QED) is 0.783. The van der Waals surface area contributed by atoms with Gasteiger partial charge in [-0.2, -0.15) is 4.31 Å². The minimum absolute atomic E-state index is 0.0154. The van der Waals surface area contributed by atoms with Crippen LogP contribution < -0.4 is 0 Å². The van der Waals surface area contributed by atoms with Gasteiger partial charge in [-0.25, -0.2) is 13.1 Å². The maximum atomic E-state index is 12.2. The van der Waals surface area contributed by atoms with Crippen LogP contribution in [-0.4, -0.2) is 52.0 Å². The highest BCUT2D eigenvalue weighted by Gasteiger charge is 2.35. The molecule has 1 fully saturated rings. The highest BCUT2D eigenvalue weighted by atomic mass is 79.9. The number of aryl methyl sites for hydroxylation is 1. The SMILES string of the molecule is Cn1nnc(Br)c1S(=O)(=O)N1CC[C@H](O)C1. The first-order valence-electron chi connectivity index (χ1n) is 4.66. The van der Waals surface area contributed by atoms with Crippen LogP contribution in [0.2, 0.25) is 0 Å². The number of aromatic nitrogens is 3. The van der Waals surface area contributed by atoms with Crippen molar-refractivity contribution in [1.29, 1.82) is 0 Å². The van der Waals surface area contributed by atoms with Crippen LogP contribution in [0.5, 0.6) is 0 Å². The van der Waals surface area contributed by atoms with Crippen molar-refractivity contribution in [3.8, 4) is 0 Å². The van der Waals surface area contributed by atoms with E-state index in [-0.39, 0.29) is 16.2 Å². The molecule has 0 amide bonds. The zero-order chi connectivity index (χ0) is 11.9. The summed E-state index contributed by atoms with van der Waals surface area (Å²) in [7, 11) is -2.11. The van der Waals surface area contributed by atoms with E-state index in [9.17, 15) is 13.5 Å². The summed E-state index contributed by atoms with van der Waals surface area (Å²) in [5.74, 6) is 0. The molecule has 0 spiro atoms. The predicted octanol–water partition coefficient (Wildman–Crippen LogP) is -0.667. The van der Waals surface area contributed by atoms with Crippen LogP contribution >= 0.6 is 15.9 Å². The second kappa shape index (κ2) is 4.06. The number of aliphatic hydroxyl groups excluding tert-OH is 1. The lowest BCUT2D eigenvalue weighted by Gasteiger charge is -2.15. The lowest BCUT2D eigenvalue weighted by Crippen LogP contribution is -2.31. The molecule has 1 aliphatic heterocycles. The third kappa shape index (κ3) is 1.88. The first-order valence-corrected chi connectivity index (χ1v) is 6.89. The summed E-state index contributed by atoms with van der Waals surface area (Å²) < 4.78 is 27.0. The average Bonchev–Trinajstić information content (AvgIpc) is 2.74. The lowest BCUT2D eigenvalue weighted by atomic mass is 10.3. The maximum Gasteiger partial charge on any atom is 0.263 e. The molecule has 1 N–H and O–H groups in total. The van der Waals surface area contributed by atoms with E-state index in [0.29, 0.717) is 13.0 Å². The number of hydrogen-bond donors (Lipinski definition) is 1. The third-order valence-electron chi connectivity index (χ3n) is 2.45. The number of sulfonamides is 1.